The Kier molecular flexibility index (Phi) is 3.64. The molecule has 1 heterocycles. The first-order valence-corrected chi connectivity index (χ1v) is 6.02. The van der Waals surface area contributed by atoms with Crippen LogP contribution in [0.5, 0.6) is 0 Å². The first-order valence-electron chi connectivity index (χ1n) is 6.02. The van der Waals surface area contributed by atoms with E-state index in [0.717, 1.165) is 24.2 Å². The molecule has 0 aliphatic carbocycles. The number of aliphatic hydroxyl groups is 1. The van der Waals surface area contributed by atoms with E-state index in [4.69, 9.17) is 5.73 Å². The quantitative estimate of drug-likeness (QED) is 0.820. The van der Waals surface area contributed by atoms with E-state index in [-0.39, 0.29) is 11.9 Å². The largest absolute Gasteiger partial charge is 0.391 e. The van der Waals surface area contributed by atoms with Crippen LogP contribution in [0.3, 0.4) is 0 Å². The van der Waals surface area contributed by atoms with Gasteiger partial charge in [-0.3, -0.25) is 0 Å². The molecule has 2 atom stereocenters. The molecule has 2 unspecified atom stereocenters. The highest BCUT2D eigenvalue weighted by Crippen LogP contribution is 2.25. The van der Waals surface area contributed by atoms with Gasteiger partial charge in [-0.25, -0.2) is 4.39 Å². The van der Waals surface area contributed by atoms with Gasteiger partial charge in [-0.15, -0.1) is 0 Å². The number of hydrogen-bond donors (Lipinski definition) is 2. The Morgan fingerprint density at radius 2 is 2.24 bits per heavy atom. The molecule has 0 bridgehead atoms. The molecule has 1 aliphatic heterocycles. The van der Waals surface area contributed by atoms with E-state index >= 15 is 0 Å². The molecule has 0 spiro atoms. The van der Waals surface area contributed by atoms with Crippen LogP contribution in [-0.2, 0) is 6.54 Å². The van der Waals surface area contributed by atoms with Gasteiger partial charge in [0.1, 0.15) is 5.82 Å². The van der Waals surface area contributed by atoms with Gasteiger partial charge in [0.05, 0.1) is 6.10 Å². The molecule has 0 radical (unpaired) electrons. The monoisotopic (exact) mass is 238 g/mol. The summed E-state index contributed by atoms with van der Waals surface area (Å²) in [4.78, 5) is 2.02. The maximum absolute atomic E-state index is 13.4. The summed E-state index contributed by atoms with van der Waals surface area (Å²) in [6, 6.07) is 4.85. The van der Waals surface area contributed by atoms with E-state index in [1.54, 1.807) is 0 Å². The molecule has 0 aromatic heterocycles. The van der Waals surface area contributed by atoms with Gasteiger partial charge in [-0.1, -0.05) is 6.92 Å². The Hall–Kier alpha value is -1.13. The summed E-state index contributed by atoms with van der Waals surface area (Å²) in [7, 11) is 0. The number of aliphatic hydroxyl groups excluding tert-OH is 1. The highest BCUT2D eigenvalue weighted by Gasteiger charge is 2.24. The van der Waals surface area contributed by atoms with E-state index in [1.165, 1.54) is 12.1 Å². The van der Waals surface area contributed by atoms with Crippen molar-refractivity contribution in [3.05, 3.63) is 29.6 Å². The molecule has 1 aromatic rings. The number of piperidine rings is 1. The van der Waals surface area contributed by atoms with Crippen molar-refractivity contribution in [3.63, 3.8) is 0 Å². The van der Waals surface area contributed by atoms with Crippen molar-refractivity contribution in [2.45, 2.75) is 26.0 Å². The van der Waals surface area contributed by atoms with Crippen molar-refractivity contribution in [3.8, 4) is 0 Å². The lowest BCUT2D eigenvalue weighted by molar-refractivity contribution is 0.103. The second-order valence-corrected chi connectivity index (χ2v) is 4.80. The SMILES string of the molecule is CC1CCN(c2cc(F)cc(CN)c2)CC1O. The Balaban J connectivity index is 2.19. The fourth-order valence-corrected chi connectivity index (χ4v) is 2.22. The highest BCUT2D eigenvalue weighted by atomic mass is 19.1. The van der Waals surface area contributed by atoms with Crippen LogP contribution in [0.15, 0.2) is 18.2 Å². The van der Waals surface area contributed by atoms with Crippen molar-refractivity contribution >= 4 is 5.69 Å². The van der Waals surface area contributed by atoms with Crippen LogP contribution in [-0.4, -0.2) is 24.3 Å². The molecule has 94 valence electrons. The van der Waals surface area contributed by atoms with Crippen molar-refractivity contribution in [1.82, 2.24) is 0 Å². The molecule has 17 heavy (non-hydrogen) atoms. The molecule has 1 aromatic carbocycles. The lowest BCUT2D eigenvalue weighted by atomic mass is 9.95. The first kappa shape index (κ1) is 12.3. The van der Waals surface area contributed by atoms with Crippen LogP contribution in [0, 0.1) is 11.7 Å². The first-order chi connectivity index (χ1) is 8.10. The third kappa shape index (κ3) is 2.76. The normalized spacial score (nSPS) is 25.1. The zero-order chi connectivity index (χ0) is 12.4. The predicted octanol–water partition coefficient (Wildman–Crippen LogP) is 1.49. The number of halogens is 1. The Morgan fingerprint density at radius 1 is 1.47 bits per heavy atom. The summed E-state index contributed by atoms with van der Waals surface area (Å²) in [5.74, 6) is 0.0462. The van der Waals surface area contributed by atoms with Crippen molar-refractivity contribution in [2.24, 2.45) is 11.7 Å². The Labute approximate surface area is 101 Å². The van der Waals surface area contributed by atoms with Gasteiger partial charge in [0, 0.05) is 25.3 Å². The minimum Gasteiger partial charge on any atom is -0.391 e. The van der Waals surface area contributed by atoms with Crippen LogP contribution in [0.25, 0.3) is 0 Å². The van der Waals surface area contributed by atoms with Gasteiger partial charge >= 0.3 is 0 Å². The minimum atomic E-state index is -0.339. The number of nitrogens with two attached hydrogens (primary N) is 1. The van der Waals surface area contributed by atoms with Gasteiger partial charge in [0.25, 0.3) is 0 Å². The lowest BCUT2D eigenvalue weighted by Crippen LogP contribution is -2.43. The maximum Gasteiger partial charge on any atom is 0.125 e. The molecule has 1 fully saturated rings. The second-order valence-electron chi connectivity index (χ2n) is 4.80. The second kappa shape index (κ2) is 5.02. The van der Waals surface area contributed by atoms with E-state index in [0.29, 0.717) is 19.0 Å². The van der Waals surface area contributed by atoms with E-state index < -0.39 is 0 Å². The van der Waals surface area contributed by atoms with Gasteiger partial charge in [-0.05, 0) is 36.1 Å². The maximum atomic E-state index is 13.4. The van der Waals surface area contributed by atoms with Gasteiger partial charge in [0.2, 0.25) is 0 Å². The number of rotatable bonds is 2. The summed E-state index contributed by atoms with van der Waals surface area (Å²) in [6.07, 6.45) is 0.587. The van der Waals surface area contributed by atoms with Crippen LogP contribution >= 0.6 is 0 Å². The van der Waals surface area contributed by atoms with Crippen molar-refractivity contribution in [2.75, 3.05) is 18.0 Å². The van der Waals surface area contributed by atoms with E-state index in [1.807, 2.05) is 17.9 Å². The number of benzene rings is 1. The Bertz CT molecular complexity index is 397. The number of hydrogen-bond acceptors (Lipinski definition) is 3. The summed E-state index contributed by atoms with van der Waals surface area (Å²) in [5.41, 5.74) is 7.13. The van der Waals surface area contributed by atoms with Crippen molar-refractivity contribution in [1.29, 1.82) is 0 Å². The lowest BCUT2D eigenvalue weighted by Gasteiger charge is -2.36. The summed E-state index contributed by atoms with van der Waals surface area (Å²) in [6.45, 7) is 3.79. The fourth-order valence-electron chi connectivity index (χ4n) is 2.22. The summed E-state index contributed by atoms with van der Waals surface area (Å²) < 4.78 is 13.4. The average Bonchev–Trinajstić information content (AvgIpc) is 2.32. The molecular formula is C13H19FN2O. The molecule has 3 N–H and O–H groups in total. The third-order valence-electron chi connectivity index (χ3n) is 3.46. The van der Waals surface area contributed by atoms with Crippen LogP contribution in [0.1, 0.15) is 18.9 Å². The topological polar surface area (TPSA) is 49.5 Å². The predicted molar refractivity (Wildman–Crippen MR) is 66.3 cm³/mol. The van der Waals surface area contributed by atoms with Crippen LogP contribution < -0.4 is 10.6 Å². The molecule has 1 saturated heterocycles. The fraction of sp³-hybridized carbons (Fsp3) is 0.538. The van der Waals surface area contributed by atoms with Crippen molar-refractivity contribution < 1.29 is 9.50 Å². The highest BCUT2D eigenvalue weighted by molar-refractivity contribution is 5.49. The molecule has 2 rings (SSSR count). The van der Waals surface area contributed by atoms with E-state index in [9.17, 15) is 9.50 Å². The van der Waals surface area contributed by atoms with Gasteiger partial charge in [0.15, 0.2) is 0 Å². The van der Waals surface area contributed by atoms with Gasteiger partial charge < -0.3 is 15.7 Å². The molecule has 1 aliphatic rings. The molecule has 4 heteroatoms. The number of anilines is 1. The summed E-state index contributed by atoms with van der Waals surface area (Å²) >= 11 is 0. The minimum absolute atomic E-state index is 0.268. The van der Waals surface area contributed by atoms with Crippen LogP contribution in [0.4, 0.5) is 10.1 Å². The van der Waals surface area contributed by atoms with E-state index in [2.05, 4.69) is 0 Å². The molecule has 3 nitrogen and oxygen atoms in total. The number of β-amino-alcohol motifs (C(OH)–C–C–N with tert-alkyl or cyclic N) is 1. The molecule has 0 amide bonds. The van der Waals surface area contributed by atoms with Crippen LogP contribution in [0.2, 0.25) is 0 Å². The zero-order valence-electron chi connectivity index (χ0n) is 10.1. The number of nitrogens with zero attached hydrogens (tertiary/aromatic N) is 1. The average molecular weight is 238 g/mol. The van der Waals surface area contributed by atoms with Gasteiger partial charge in [-0.2, -0.15) is 0 Å². The molecular weight excluding hydrogens is 219 g/mol. The Morgan fingerprint density at radius 3 is 2.88 bits per heavy atom. The third-order valence-corrected chi connectivity index (χ3v) is 3.46. The summed E-state index contributed by atoms with van der Waals surface area (Å²) in [5, 5.41) is 9.85. The zero-order valence-corrected chi connectivity index (χ0v) is 10.1. The standard InChI is InChI=1S/C13H19FN2O/c1-9-2-3-16(8-13(9)17)12-5-10(7-15)4-11(14)6-12/h4-6,9,13,17H,2-3,7-8,15H2,1H3. The smallest absolute Gasteiger partial charge is 0.125 e. The molecule has 0 saturated carbocycles.